The molecule has 0 spiro atoms. The molecule has 0 saturated carbocycles. The molecule has 3 aromatic rings. The highest BCUT2D eigenvalue weighted by atomic mass is 32.1. The van der Waals surface area contributed by atoms with Crippen molar-refractivity contribution in [2.75, 3.05) is 0 Å². The molecule has 0 bridgehead atoms. The fourth-order valence-corrected chi connectivity index (χ4v) is 2.72. The topological polar surface area (TPSA) is 55.3 Å². The van der Waals surface area contributed by atoms with E-state index in [4.69, 9.17) is 18.0 Å². The third-order valence-corrected chi connectivity index (χ3v) is 3.59. The first-order valence-corrected chi connectivity index (χ1v) is 7.21. The molecule has 0 aliphatic heterocycles. The summed E-state index contributed by atoms with van der Waals surface area (Å²) in [4.78, 5) is 0. The van der Waals surface area contributed by atoms with E-state index in [1.54, 1.807) is 6.21 Å². The predicted octanol–water partition coefficient (Wildman–Crippen LogP) is 2.98. The van der Waals surface area contributed by atoms with E-state index in [1.165, 1.54) is 21.8 Å². The zero-order valence-electron chi connectivity index (χ0n) is 11.7. The summed E-state index contributed by atoms with van der Waals surface area (Å²) in [7, 11) is 0. The fraction of sp³-hybridized carbons (Fsp3) is 0.125. The summed E-state index contributed by atoms with van der Waals surface area (Å²) in [5.74, 6) is 0. The number of nitrogens with two attached hydrogens (primary N) is 1. The van der Waals surface area contributed by atoms with Gasteiger partial charge in [0, 0.05) is 28.4 Å². The Morgan fingerprint density at radius 3 is 2.76 bits per heavy atom. The number of hydrazone groups is 1. The monoisotopic (exact) mass is 296 g/mol. The average Bonchev–Trinajstić information content (AvgIpc) is 2.80. The number of nitrogens with one attached hydrogen (secondary N) is 1. The molecule has 0 amide bonds. The third-order valence-electron chi connectivity index (χ3n) is 3.50. The van der Waals surface area contributed by atoms with Crippen LogP contribution < -0.4 is 11.2 Å². The number of aryl methyl sites for hydroxylation is 1. The van der Waals surface area contributed by atoms with Crippen LogP contribution in [0, 0.1) is 0 Å². The number of benzene rings is 2. The van der Waals surface area contributed by atoms with Crippen molar-refractivity contribution in [3.63, 3.8) is 0 Å². The second-order valence-corrected chi connectivity index (χ2v) is 5.21. The highest BCUT2D eigenvalue weighted by molar-refractivity contribution is 7.80. The van der Waals surface area contributed by atoms with Gasteiger partial charge in [-0.2, -0.15) is 5.10 Å². The third kappa shape index (κ3) is 2.48. The molecular formula is C16H16N4S. The van der Waals surface area contributed by atoms with Gasteiger partial charge in [0.25, 0.3) is 0 Å². The van der Waals surface area contributed by atoms with E-state index in [2.05, 4.69) is 58.4 Å². The molecule has 0 fully saturated rings. The number of nitrogens with zero attached hydrogens (tertiary/aromatic N) is 2. The lowest BCUT2D eigenvalue weighted by molar-refractivity contribution is 0.827. The molecule has 0 saturated heterocycles. The van der Waals surface area contributed by atoms with E-state index in [9.17, 15) is 0 Å². The Morgan fingerprint density at radius 1 is 1.24 bits per heavy atom. The number of hydrogen-bond acceptors (Lipinski definition) is 2. The van der Waals surface area contributed by atoms with Crippen molar-refractivity contribution in [2.45, 2.75) is 13.5 Å². The standard InChI is InChI=1S/C16H16N4S/c1-2-20-14-6-4-3-5-12(14)13-9-11(7-8-15(13)20)10-18-19-16(17)21/h3-10H,2H2,1H3,(H3,17,19,21). The zero-order valence-corrected chi connectivity index (χ0v) is 12.5. The SMILES string of the molecule is CCn1c2ccccc2c2cc(C=NNC(N)=S)ccc21. The molecule has 0 aliphatic rings. The van der Waals surface area contributed by atoms with Crippen LogP contribution in [0.25, 0.3) is 21.8 Å². The highest BCUT2D eigenvalue weighted by Gasteiger charge is 2.08. The maximum Gasteiger partial charge on any atom is 0.184 e. The lowest BCUT2D eigenvalue weighted by Crippen LogP contribution is -2.23. The molecule has 21 heavy (non-hydrogen) atoms. The minimum Gasteiger partial charge on any atom is -0.375 e. The van der Waals surface area contributed by atoms with Crippen molar-refractivity contribution in [3.8, 4) is 0 Å². The fourth-order valence-electron chi connectivity index (χ4n) is 2.66. The first kappa shape index (κ1) is 13.6. The molecule has 2 aromatic carbocycles. The normalized spacial score (nSPS) is 11.5. The van der Waals surface area contributed by atoms with Gasteiger partial charge < -0.3 is 10.3 Å². The quantitative estimate of drug-likeness (QED) is 0.444. The lowest BCUT2D eigenvalue weighted by atomic mass is 10.1. The molecule has 4 nitrogen and oxygen atoms in total. The van der Waals surface area contributed by atoms with Crippen LogP contribution in [0.4, 0.5) is 0 Å². The van der Waals surface area contributed by atoms with Crippen LogP contribution in [0.5, 0.6) is 0 Å². The van der Waals surface area contributed by atoms with E-state index in [1.807, 2.05) is 6.07 Å². The Bertz CT molecular complexity index is 848. The smallest absolute Gasteiger partial charge is 0.184 e. The zero-order chi connectivity index (χ0) is 14.8. The summed E-state index contributed by atoms with van der Waals surface area (Å²) in [6.45, 7) is 3.10. The van der Waals surface area contributed by atoms with Crippen molar-refractivity contribution >= 4 is 45.4 Å². The maximum atomic E-state index is 5.35. The Morgan fingerprint density at radius 2 is 2.00 bits per heavy atom. The first-order valence-electron chi connectivity index (χ1n) is 6.80. The molecule has 3 rings (SSSR count). The summed E-state index contributed by atoms with van der Waals surface area (Å²) in [5, 5.41) is 6.65. The van der Waals surface area contributed by atoms with Crippen molar-refractivity contribution in [2.24, 2.45) is 10.8 Å². The molecule has 0 aliphatic carbocycles. The van der Waals surface area contributed by atoms with E-state index in [0.717, 1.165) is 12.1 Å². The number of thiocarbonyl (C=S) groups is 1. The van der Waals surface area contributed by atoms with Gasteiger partial charge in [-0.1, -0.05) is 24.3 Å². The molecule has 5 heteroatoms. The van der Waals surface area contributed by atoms with E-state index in [-0.39, 0.29) is 5.11 Å². The molecule has 0 atom stereocenters. The van der Waals surface area contributed by atoms with Gasteiger partial charge >= 0.3 is 0 Å². The molecule has 1 heterocycles. The number of aromatic nitrogens is 1. The minimum atomic E-state index is 0.162. The van der Waals surface area contributed by atoms with Crippen LogP contribution in [-0.2, 0) is 6.54 Å². The van der Waals surface area contributed by atoms with Gasteiger partial charge in [0.15, 0.2) is 5.11 Å². The van der Waals surface area contributed by atoms with Crippen molar-refractivity contribution in [1.29, 1.82) is 0 Å². The van der Waals surface area contributed by atoms with Gasteiger partial charge in [0.1, 0.15) is 0 Å². The van der Waals surface area contributed by atoms with E-state index >= 15 is 0 Å². The van der Waals surface area contributed by atoms with Crippen LogP contribution in [0.3, 0.4) is 0 Å². The van der Waals surface area contributed by atoms with Gasteiger partial charge in [-0.15, -0.1) is 0 Å². The second-order valence-electron chi connectivity index (χ2n) is 4.77. The summed E-state index contributed by atoms with van der Waals surface area (Å²) in [6, 6.07) is 14.7. The van der Waals surface area contributed by atoms with Crippen LogP contribution in [0.15, 0.2) is 47.6 Å². The van der Waals surface area contributed by atoms with Crippen LogP contribution >= 0.6 is 12.2 Å². The lowest BCUT2D eigenvalue weighted by Gasteiger charge is -2.02. The van der Waals surface area contributed by atoms with Crippen LogP contribution in [0.2, 0.25) is 0 Å². The van der Waals surface area contributed by atoms with Crippen molar-refractivity contribution in [1.82, 2.24) is 9.99 Å². The number of para-hydroxylation sites is 1. The number of fused-ring (bicyclic) bond motifs is 3. The van der Waals surface area contributed by atoms with Crippen molar-refractivity contribution in [3.05, 3.63) is 48.0 Å². The first-order chi connectivity index (χ1) is 10.2. The molecule has 0 unspecified atom stereocenters. The Hall–Kier alpha value is -2.40. The molecule has 106 valence electrons. The number of rotatable bonds is 3. The Labute approximate surface area is 128 Å². The van der Waals surface area contributed by atoms with E-state index < -0.39 is 0 Å². The van der Waals surface area contributed by atoms with Gasteiger partial charge in [0.2, 0.25) is 0 Å². The maximum absolute atomic E-state index is 5.35. The summed E-state index contributed by atoms with van der Waals surface area (Å²) >= 11 is 4.72. The second kappa shape index (κ2) is 5.54. The molecule has 1 aromatic heterocycles. The average molecular weight is 296 g/mol. The van der Waals surface area contributed by atoms with Gasteiger partial charge in [-0.05, 0) is 42.9 Å². The van der Waals surface area contributed by atoms with E-state index in [0.29, 0.717) is 0 Å². The predicted molar refractivity (Wildman–Crippen MR) is 92.6 cm³/mol. The number of hydrogen-bond donors (Lipinski definition) is 2. The van der Waals surface area contributed by atoms with Crippen LogP contribution in [-0.4, -0.2) is 15.9 Å². The van der Waals surface area contributed by atoms with Crippen molar-refractivity contribution < 1.29 is 0 Å². The molecule has 0 radical (unpaired) electrons. The largest absolute Gasteiger partial charge is 0.375 e. The Balaban J connectivity index is 2.15. The molecule has 3 N–H and O–H groups in total. The highest BCUT2D eigenvalue weighted by Crippen LogP contribution is 2.29. The Kier molecular flexibility index (Phi) is 3.58. The van der Waals surface area contributed by atoms with Gasteiger partial charge in [-0.25, -0.2) is 0 Å². The molecular weight excluding hydrogens is 280 g/mol. The summed E-state index contributed by atoms with van der Waals surface area (Å²) in [5.41, 5.74) is 11.4. The van der Waals surface area contributed by atoms with Crippen LogP contribution in [0.1, 0.15) is 12.5 Å². The van der Waals surface area contributed by atoms with Gasteiger partial charge in [0.05, 0.1) is 6.21 Å². The van der Waals surface area contributed by atoms with Gasteiger partial charge in [-0.3, -0.25) is 5.43 Å². The minimum absolute atomic E-state index is 0.162. The summed E-state index contributed by atoms with van der Waals surface area (Å²) < 4.78 is 2.32. The summed E-state index contributed by atoms with van der Waals surface area (Å²) in [6.07, 6.45) is 1.72.